The normalized spacial score (nSPS) is 12.1. The molecule has 2 aromatic heterocycles. The zero-order valence-electron chi connectivity index (χ0n) is 25.1. The van der Waals surface area contributed by atoms with Gasteiger partial charge in [0.25, 0.3) is 0 Å². The van der Waals surface area contributed by atoms with Gasteiger partial charge in [-0.25, -0.2) is 4.98 Å². The van der Waals surface area contributed by atoms with Crippen LogP contribution in [0.5, 0.6) is 5.75 Å². The summed E-state index contributed by atoms with van der Waals surface area (Å²) in [5.74, 6) is 0.242. The van der Waals surface area contributed by atoms with Crippen molar-refractivity contribution in [1.82, 2.24) is 9.97 Å². The number of fused-ring (bicyclic) bond motifs is 1. The van der Waals surface area contributed by atoms with Crippen molar-refractivity contribution in [3.8, 4) is 49.8 Å². The van der Waals surface area contributed by atoms with Crippen LogP contribution in [0.4, 0.5) is 0 Å². The molecule has 6 rings (SSSR count). The van der Waals surface area contributed by atoms with Crippen LogP contribution in [-0.4, -0.2) is 15.1 Å². The summed E-state index contributed by atoms with van der Waals surface area (Å²) in [4.78, 5) is 9.77. The third kappa shape index (κ3) is 5.47. The van der Waals surface area contributed by atoms with E-state index in [-0.39, 0.29) is 16.6 Å². The molecule has 42 heavy (non-hydrogen) atoms. The summed E-state index contributed by atoms with van der Waals surface area (Å²) in [6.07, 6.45) is 1.85. The van der Waals surface area contributed by atoms with E-state index in [1.165, 1.54) is 16.7 Å². The van der Waals surface area contributed by atoms with Crippen LogP contribution in [0.15, 0.2) is 103 Å². The van der Waals surface area contributed by atoms with Crippen molar-refractivity contribution in [2.75, 3.05) is 0 Å². The number of hydrogen-bond acceptors (Lipinski definition) is 4. The number of aromatic nitrogens is 2. The van der Waals surface area contributed by atoms with Gasteiger partial charge in [0, 0.05) is 17.3 Å². The minimum absolute atomic E-state index is 0.0169. The monoisotopic (exact) mass is 568 g/mol. The van der Waals surface area contributed by atoms with Crippen LogP contribution >= 0.6 is 11.3 Å². The highest BCUT2D eigenvalue weighted by atomic mass is 32.1. The summed E-state index contributed by atoms with van der Waals surface area (Å²) in [6.45, 7) is 13.7. The number of phenols is 1. The number of benzene rings is 4. The highest BCUT2D eigenvalue weighted by molar-refractivity contribution is 7.21. The van der Waals surface area contributed by atoms with Crippen molar-refractivity contribution in [2.45, 2.75) is 52.4 Å². The van der Waals surface area contributed by atoms with Gasteiger partial charge in [-0.3, -0.25) is 4.98 Å². The van der Waals surface area contributed by atoms with Crippen molar-refractivity contribution >= 4 is 21.6 Å². The molecule has 0 amide bonds. The summed E-state index contributed by atoms with van der Waals surface area (Å²) >= 11 is 1.60. The van der Waals surface area contributed by atoms with Gasteiger partial charge in [-0.15, -0.1) is 11.3 Å². The van der Waals surface area contributed by atoms with Crippen LogP contribution in [0.2, 0.25) is 0 Å². The van der Waals surface area contributed by atoms with E-state index in [0.717, 1.165) is 48.7 Å². The highest BCUT2D eigenvalue weighted by Gasteiger charge is 2.22. The lowest BCUT2D eigenvalue weighted by atomic mass is 9.78. The van der Waals surface area contributed by atoms with Crippen molar-refractivity contribution in [1.29, 1.82) is 0 Å². The maximum atomic E-state index is 10.5. The predicted molar refractivity (Wildman–Crippen MR) is 178 cm³/mol. The maximum absolute atomic E-state index is 10.5. The number of aromatic hydroxyl groups is 1. The number of phenolic OH excluding ortho intramolecular Hbond substituents is 1. The van der Waals surface area contributed by atoms with Crippen LogP contribution in [0, 0.1) is 0 Å². The van der Waals surface area contributed by atoms with E-state index in [0.29, 0.717) is 0 Å². The van der Waals surface area contributed by atoms with E-state index in [9.17, 15) is 5.11 Å². The lowest BCUT2D eigenvalue weighted by Crippen LogP contribution is -2.16. The predicted octanol–water partition coefficient (Wildman–Crippen LogP) is 10.7. The Bertz CT molecular complexity index is 1870. The number of rotatable bonds is 4. The van der Waals surface area contributed by atoms with Gasteiger partial charge in [-0.05, 0) is 87.2 Å². The quantitative estimate of drug-likeness (QED) is 0.230. The van der Waals surface area contributed by atoms with Crippen molar-refractivity contribution < 1.29 is 5.11 Å². The van der Waals surface area contributed by atoms with Gasteiger partial charge in [0.1, 0.15) is 10.8 Å². The van der Waals surface area contributed by atoms with E-state index in [2.05, 4.69) is 102 Å². The Hall–Kier alpha value is -4.28. The first-order chi connectivity index (χ1) is 20.0. The largest absolute Gasteiger partial charge is 0.507 e. The van der Waals surface area contributed by atoms with E-state index >= 15 is 0 Å². The summed E-state index contributed by atoms with van der Waals surface area (Å²) in [5.41, 5.74) is 10.9. The molecule has 0 spiro atoms. The molecule has 0 aliphatic heterocycles. The molecule has 0 unspecified atom stereocenters. The van der Waals surface area contributed by atoms with Gasteiger partial charge in [-0.1, -0.05) is 90.1 Å². The Labute approximate surface area is 252 Å². The van der Waals surface area contributed by atoms with Crippen molar-refractivity contribution in [3.05, 3.63) is 114 Å². The second-order valence-electron chi connectivity index (χ2n) is 13.0. The van der Waals surface area contributed by atoms with Gasteiger partial charge in [0.15, 0.2) is 0 Å². The van der Waals surface area contributed by atoms with Gasteiger partial charge >= 0.3 is 0 Å². The summed E-state index contributed by atoms with van der Waals surface area (Å²) in [6, 6.07) is 33.6. The van der Waals surface area contributed by atoms with Gasteiger partial charge in [0.05, 0.1) is 21.5 Å². The molecule has 0 aliphatic carbocycles. The number of hydrogen-bond donors (Lipinski definition) is 1. The third-order valence-corrected chi connectivity index (χ3v) is 8.81. The summed E-state index contributed by atoms with van der Waals surface area (Å²) in [7, 11) is 0. The van der Waals surface area contributed by atoms with Crippen LogP contribution in [0.1, 0.15) is 52.7 Å². The molecular formula is C38H36N2OS. The molecule has 4 aromatic carbocycles. The van der Waals surface area contributed by atoms with Crippen molar-refractivity contribution in [3.63, 3.8) is 0 Å². The van der Waals surface area contributed by atoms with Crippen LogP contribution < -0.4 is 0 Å². The Morgan fingerprint density at radius 2 is 1.21 bits per heavy atom. The fourth-order valence-electron chi connectivity index (χ4n) is 5.24. The third-order valence-electron chi connectivity index (χ3n) is 7.76. The smallest absolute Gasteiger partial charge is 0.128 e. The van der Waals surface area contributed by atoms with E-state index < -0.39 is 0 Å². The lowest BCUT2D eigenvalue weighted by molar-refractivity contribution is 0.477. The molecular weight excluding hydrogens is 532 g/mol. The maximum Gasteiger partial charge on any atom is 0.128 e. The van der Waals surface area contributed by atoms with Gasteiger partial charge in [0.2, 0.25) is 0 Å². The van der Waals surface area contributed by atoms with Crippen molar-refractivity contribution in [2.24, 2.45) is 0 Å². The van der Waals surface area contributed by atoms with Crippen LogP contribution in [0.25, 0.3) is 54.3 Å². The Kier molecular flexibility index (Phi) is 6.98. The molecule has 0 radical (unpaired) electrons. The Morgan fingerprint density at radius 3 is 1.88 bits per heavy atom. The second kappa shape index (κ2) is 10.5. The lowest BCUT2D eigenvalue weighted by Gasteiger charge is -2.26. The molecule has 1 N–H and O–H groups in total. The van der Waals surface area contributed by atoms with Gasteiger partial charge in [-0.2, -0.15) is 0 Å². The zero-order chi connectivity index (χ0) is 29.6. The first-order valence-electron chi connectivity index (χ1n) is 14.4. The Morgan fingerprint density at radius 1 is 0.595 bits per heavy atom. The fraction of sp³-hybridized carbons (Fsp3) is 0.211. The van der Waals surface area contributed by atoms with E-state index in [1.54, 1.807) is 17.4 Å². The Balaban J connectivity index is 1.59. The van der Waals surface area contributed by atoms with Gasteiger partial charge < -0.3 is 5.11 Å². The molecule has 4 heteroatoms. The van der Waals surface area contributed by atoms with E-state index in [1.807, 2.05) is 36.5 Å². The fourth-order valence-corrected chi connectivity index (χ4v) is 6.27. The average molecular weight is 569 g/mol. The number of pyridine rings is 1. The molecule has 0 saturated heterocycles. The van der Waals surface area contributed by atoms with E-state index in [4.69, 9.17) is 9.97 Å². The first-order valence-corrected chi connectivity index (χ1v) is 15.2. The molecule has 6 aromatic rings. The molecule has 0 fully saturated rings. The molecule has 3 nitrogen and oxygen atoms in total. The number of thiazole rings is 1. The number of nitrogens with zero attached hydrogens (tertiary/aromatic N) is 2. The molecule has 210 valence electrons. The molecule has 0 saturated carbocycles. The molecule has 0 aliphatic rings. The minimum atomic E-state index is 0.0169. The molecule has 2 heterocycles. The van der Waals surface area contributed by atoms with Crippen LogP contribution in [0.3, 0.4) is 0 Å². The minimum Gasteiger partial charge on any atom is -0.507 e. The topological polar surface area (TPSA) is 46.0 Å². The molecule has 0 atom stereocenters. The summed E-state index contributed by atoms with van der Waals surface area (Å²) in [5, 5.41) is 11.3. The van der Waals surface area contributed by atoms with Crippen LogP contribution in [-0.2, 0) is 10.8 Å². The SMILES string of the molecule is CC(C)(C)c1cc(-c2cc(-c3ccccn3)cc(-c3cccc4sc(-c5ccccc5O)nc34)c2)cc(C(C)(C)C)c1. The molecule has 0 bridgehead atoms. The number of para-hydroxylation sites is 2. The first kappa shape index (κ1) is 27.9. The summed E-state index contributed by atoms with van der Waals surface area (Å²) < 4.78 is 1.08. The highest BCUT2D eigenvalue weighted by Crippen LogP contribution is 2.41. The zero-order valence-corrected chi connectivity index (χ0v) is 25.9. The standard InChI is InChI=1S/C38H36N2OS/c1-37(2,3)28-21-25(22-29(23-28)38(4,5)6)24-18-26(20-27(19-24)32-14-9-10-17-39-32)30-13-11-16-34-35(30)40-36(42-34)31-12-7-8-15-33(31)41/h7-23,41H,1-6H3. The second-order valence-corrected chi connectivity index (χ2v) is 14.0. The average Bonchev–Trinajstić information content (AvgIpc) is 3.41.